The van der Waals surface area contributed by atoms with E-state index in [0.29, 0.717) is 5.89 Å². The Bertz CT molecular complexity index is 380. The summed E-state index contributed by atoms with van der Waals surface area (Å²) in [6.07, 6.45) is 0. The van der Waals surface area contributed by atoms with E-state index in [2.05, 4.69) is 25.8 Å². The van der Waals surface area contributed by atoms with Crippen molar-refractivity contribution in [2.24, 2.45) is 0 Å². The fourth-order valence-electron chi connectivity index (χ4n) is 1.54. The summed E-state index contributed by atoms with van der Waals surface area (Å²) in [5.41, 5.74) is 0.325. The van der Waals surface area contributed by atoms with Crippen LogP contribution in [-0.4, -0.2) is 19.9 Å². The standard InChI is InChI=1S/C12H23NO3Si/c1-8-10(15-9(7-14)13-8)12(5,6)16-17-11(2,3)4/h14H,7,17H2,1-6H3. The van der Waals surface area contributed by atoms with Gasteiger partial charge in [-0.05, 0) is 25.8 Å². The first-order valence-electron chi connectivity index (χ1n) is 5.87. The van der Waals surface area contributed by atoms with Crippen LogP contribution in [0.1, 0.15) is 52.0 Å². The predicted molar refractivity (Wildman–Crippen MR) is 69.5 cm³/mol. The fraction of sp³-hybridized carbons (Fsp3) is 0.750. The normalized spacial score (nSPS) is 13.8. The zero-order valence-electron chi connectivity index (χ0n) is 11.6. The minimum absolute atomic E-state index is 0.173. The molecule has 0 amide bonds. The van der Waals surface area contributed by atoms with Crippen LogP contribution in [0.25, 0.3) is 0 Å². The molecule has 0 saturated heterocycles. The van der Waals surface area contributed by atoms with Crippen LogP contribution in [-0.2, 0) is 16.6 Å². The minimum Gasteiger partial charge on any atom is -0.440 e. The second kappa shape index (κ2) is 4.92. The monoisotopic (exact) mass is 257 g/mol. The molecule has 98 valence electrons. The van der Waals surface area contributed by atoms with Crippen molar-refractivity contribution in [1.29, 1.82) is 0 Å². The van der Waals surface area contributed by atoms with E-state index in [4.69, 9.17) is 13.9 Å². The van der Waals surface area contributed by atoms with Gasteiger partial charge in [-0.1, -0.05) is 20.8 Å². The molecule has 4 nitrogen and oxygen atoms in total. The molecule has 1 aromatic heterocycles. The molecule has 0 bridgehead atoms. The molecule has 0 fully saturated rings. The Morgan fingerprint density at radius 2 is 1.88 bits per heavy atom. The summed E-state index contributed by atoms with van der Waals surface area (Å²) in [7, 11) is -0.662. The van der Waals surface area contributed by atoms with Crippen molar-refractivity contribution in [2.45, 2.75) is 58.8 Å². The highest BCUT2D eigenvalue weighted by molar-refractivity contribution is 6.31. The first-order valence-corrected chi connectivity index (χ1v) is 7.16. The summed E-state index contributed by atoms with van der Waals surface area (Å²) in [6, 6.07) is 0. The molecule has 1 N–H and O–H groups in total. The Morgan fingerprint density at radius 1 is 1.29 bits per heavy atom. The number of aromatic nitrogens is 1. The molecule has 0 spiro atoms. The molecule has 0 unspecified atom stereocenters. The Hall–Kier alpha value is -0.653. The summed E-state index contributed by atoms with van der Waals surface area (Å²) < 4.78 is 11.6. The van der Waals surface area contributed by atoms with E-state index in [1.165, 1.54) is 0 Å². The van der Waals surface area contributed by atoms with E-state index < -0.39 is 15.4 Å². The quantitative estimate of drug-likeness (QED) is 0.839. The molecule has 0 aliphatic carbocycles. The van der Waals surface area contributed by atoms with Crippen LogP contribution in [0.5, 0.6) is 0 Å². The van der Waals surface area contributed by atoms with Gasteiger partial charge < -0.3 is 13.9 Å². The van der Waals surface area contributed by atoms with Gasteiger partial charge in [0.2, 0.25) is 5.89 Å². The van der Waals surface area contributed by atoms with E-state index in [1.807, 2.05) is 20.8 Å². The van der Waals surface area contributed by atoms with Crippen molar-refractivity contribution in [1.82, 2.24) is 4.98 Å². The van der Waals surface area contributed by atoms with Crippen LogP contribution >= 0.6 is 0 Å². The SMILES string of the molecule is Cc1nc(CO)oc1C(C)(C)O[SiH2]C(C)(C)C. The number of aliphatic hydroxyl groups is 1. The largest absolute Gasteiger partial charge is 0.440 e. The topological polar surface area (TPSA) is 55.5 Å². The predicted octanol–water partition coefficient (Wildman–Crippen LogP) is 2.03. The van der Waals surface area contributed by atoms with Gasteiger partial charge in [0.25, 0.3) is 0 Å². The number of oxazole rings is 1. The smallest absolute Gasteiger partial charge is 0.220 e. The molecular formula is C12H23NO3Si. The maximum atomic E-state index is 9.01. The van der Waals surface area contributed by atoms with Gasteiger partial charge in [-0.3, -0.25) is 0 Å². The lowest BCUT2D eigenvalue weighted by atomic mass is 10.1. The Kier molecular flexibility index (Phi) is 4.17. The van der Waals surface area contributed by atoms with Crippen LogP contribution < -0.4 is 0 Å². The van der Waals surface area contributed by atoms with E-state index in [1.54, 1.807) is 0 Å². The maximum Gasteiger partial charge on any atom is 0.220 e. The van der Waals surface area contributed by atoms with Crippen molar-refractivity contribution >= 4 is 9.76 Å². The number of rotatable bonds is 4. The molecule has 0 aliphatic heterocycles. The average molecular weight is 257 g/mol. The fourth-order valence-corrected chi connectivity index (χ4v) is 2.47. The summed E-state index contributed by atoms with van der Waals surface area (Å²) in [4.78, 5) is 4.16. The van der Waals surface area contributed by atoms with Crippen molar-refractivity contribution in [3.63, 3.8) is 0 Å². The number of aryl methyl sites for hydroxylation is 1. The van der Waals surface area contributed by atoms with Gasteiger partial charge in [-0.15, -0.1) is 0 Å². The molecule has 1 heterocycles. The van der Waals surface area contributed by atoms with Crippen LogP contribution in [0.3, 0.4) is 0 Å². The van der Waals surface area contributed by atoms with Gasteiger partial charge in [0.15, 0.2) is 15.5 Å². The summed E-state index contributed by atoms with van der Waals surface area (Å²) in [5, 5.41) is 9.25. The summed E-state index contributed by atoms with van der Waals surface area (Å²) in [6.45, 7) is 12.2. The third-order valence-electron chi connectivity index (χ3n) is 2.39. The molecule has 0 saturated carbocycles. The van der Waals surface area contributed by atoms with E-state index in [0.717, 1.165) is 11.5 Å². The van der Waals surface area contributed by atoms with E-state index in [9.17, 15) is 0 Å². The zero-order valence-corrected chi connectivity index (χ0v) is 13.0. The third kappa shape index (κ3) is 3.94. The van der Waals surface area contributed by atoms with Crippen LogP contribution in [0.15, 0.2) is 4.42 Å². The minimum atomic E-state index is -0.662. The lowest BCUT2D eigenvalue weighted by Crippen LogP contribution is -2.27. The summed E-state index contributed by atoms with van der Waals surface area (Å²) in [5.74, 6) is 1.07. The molecule has 0 aliphatic rings. The third-order valence-corrected chi connectivity index (χ3v) is 4.12. The molecule has 17 heavy (non-hydrogen) atoms. The van der Waals surface area contributed by atoms with E-state index in [-0.39, 0.29) is 11.6 Å². The maximum absolute atomic E-state index is 9.01. The second-order valence-electron chi connectivity index (χ2n) is 6.04. The van der Waals surface area contributed by atoms with Gasteiger partial charge in [0, 0.05) is 0 Å². The Labute approximate surface area is 105 Å². The van der Waals surface area contributed by atoms with Gasteiger partial charge in [0.05, 0.1) is 5.69 Å². The van der Waals surface area contributed by atoms with E-state index >= 15 is 0 Å². The second-order valence-corrected chi connectivity index (χ2v) is 8.74. The highest BCUT2D eigenvalue weighted by Gasteiger charge is 2.30. The molecule has 1 aromatic rings. The highest BCUT2D eigenvalue weighted by atomic mass is 28.2. The molecular weight excluding hydrogens is 234 g/mol. The molecule has 0 aromatic carbocycles. The van der Waals surface area contributed by atoms with Crippen molar-refractivity contribution in [2.75, 3.05) is 0 Å². The average Bonchev–Trinajstić information content (AvgIpc) is 2.57. The van der Waals surface area contributed by atoms with Gasteiger partial charge in [-0.25, -0.2) is 4.98 Å². The number of hydrogen-bond donors (Lipinski definition) is 1. The lowest BCUT2D eigenvalue weighted by Gasteiger charge is -2.28. The summed E-state index contributed by atoms with van der Waals surface area (Å²) >= 11 is 0. The van der Waals surface area contributed by atoms with Crippen molar-refractivity contribution in [3.8, 4) is 0 Å². The highest BCUT2D eigenvalue weighted by Crippen LogP contribution is 2.31. The first kappa shape index (κ1) is 14.4. The molecule has 5 heteroatoms. The molecule has 0 radical (unpaired) electrons. The van der Waals surface area contributed by atoms with Crippen molar-refractivity contribution < 1.29 is 13.9 Å². The number of nitrogens with zero attached hydrogens (tertiary/aromatic N) is 1. The van der Waals surface area contributed by atoms with Gasteiger partial charge >= 0.3 is 0 Å². The Morgan fingerprint density at radius 3 is 2.29 bits per heavy atom. The van der Waals surface area contributed by atoms with Crippen LogP contribution in [0, 0.1) is 6.92 Å². The first-order chi connectivity index (χ1) is 7.65. The zero-order chi connectivity index (χ0) is 13.3. The molecule has 1 rings (SSSR count). The molecule has 0 atom stereocenters. The lowest BCUT2D eigenvalue weighted by molar-refractivity contribution is 0.0779. The Balaban J connectivity index is 2.84. The number of aliphatic hydroxyl groups excluding tert-OH is 1. The van der Waals surface area contributed by atoms with Crippen LogP contribution in [0.2, 0.25) is 5.04 Å². The number of hydrogen-bond acceptors (Lipinski definition) is 4. The van der Waals surface area contributed by atoms with Gasteiger partial charge in [-0.2, -0.15) is 0 Å². The van der Waals surface area contributed by atoms with Gasteiger partial charge in [0.1, 0.15) is 12.2 Å². The van der Waals surface area contributed by atoms with Crippen molar-refractivity contribution in [3.05, 3.63) is 17.3 Å². The van der Waals surface area contributed by atoms with Crippen LogP contribution in [0.4, 0.5) is 0 Å².